The molecule has 7 aromatic rings. The summed E-state index contributed by atoms with van der Waals surface area (Å²) in [5, 5.41) is 0. The van der Waals surface area contributed by atoms with E-state index in [0.29, 0.717) is 26.4 Å². The van der Waals surface area contributed by atoms with Crippen molar-refractivity contribution in [2.75, 3.05) is 36.2 Å². The van der Waals surface area contributed by atoms with Crippen molar-refractivity contribution in [2.24, 2.45) is 0 Å². The molecule has 11 rings (SSSR count). The third-order valence-electron chi connectivity index (χ3n) is 14.3. The van der Waals surface area contributed by atoms with Gasteiger partial charge in [-0.25, -0.2) is 0 Å². The van der Waals surface area contributed by atoms with Crippen molar-refractivity contribution in [3.8, 4) is 45.3 Å². The van der Waals surface area contributed by atoms with Crippen LogP contribution in [0.2, 0.25) is 0 Å². The summed E-state index contributed by atoms with van der Waals surface area (Å²) in [6, 6.07) is 48.4. The van der Waals surface area contributed by atoms with Crippen LogP contribution in [-0.2, 0) is 16.2 Å². The lowest BCUT2D eigenvalue weighted by Crippen LogP contribution is -2.61. The number of nitrogens with zero attached hydrogens (tertiary/aromatic N) is 2. The van der Waals surface area contributed by atoms with E-state index < -0.39 is 0 Å². The molecule has 7 heteroatoms. The van der Waals surface area contributed by atoms with Gasteiger partial charge in [0.2, 0.25) is 0 Å². The molecular formula is C61H63BN2O4. The Morgan fingerprint density at radius 2 is 0.853 bits per heavy atom. The molecule has 0 saturated heterocycles. The minimum absolute atomic E-state index is 0.0495. The predicted octanol–water partition coefficient (Wildman–Crippen LogP) is 13.6. The van der Waals surface area contributed by atoms with Crippen molar-refractivity contribution in [3.63, 3.8) is 0 Å². The minimum Gasteiger partial charge on any atom is -0.490 e. The highest BCUT2D eigenvalue weighted by Gasteiger charge is 2.45. The van der Waals surface area contributed by atoms with Crippen LogP contribution < -0.4 is 45.1 Å². The Labute approximate surface area is 403 Å². The summed E-state index contributed by atoms with van der Waals surface area (Å²) < 4.78 is 25.5. The normalized spacial score (nSPS) is 15.2. The Morgan fingerprint density at radius 1 is 0.382 bits per heavy atom. The van der Waals surface area contributed by atoms with E-state index >= 15 is 0 Å². The maximum absolute atomic E-state index is 6.52. The Kier molecular flexibility index (Phi) is 10.5. The number of ether oxygens (including phenoxy) is 4. The second-order valence-electron chi connectivity index (χ2n) is 22.4. The first-order valence-corrected chi connectivity index (χ1v) is 24.6. The highest BCUT2D eigenvalue weighted by atomic mass is 16.5. The van der Waals surface area contributed by atoms with E-state index in [1.54, 1.807) is 0 Å². The molecule has 6 nitrogen and oxygen atoms in total. The zero-order chi connectivity index (χ0) is 47.3. The largest absolute Gasteiger partial charge is 0.490 e. The fourth-order valence-corrected chi connectivity index (χ4v) is 10.5. The van der Waals surface area contributed by atoms with Crippen molar-refractivity contribution in [1.82, 2.24) is 0 Å². The zero-order valence-electron chi connectivity index (χ0n) is 41.5. The zero-order valence-corrected chi connectivity index (χ0v) is 41.5. The lowest BCUT2D eigenvalue weighted by molar-refractivity contribution is 0.296. The molecule has 0 unspecified atom stereocenters. The van der Waals surface area contributed by atoms with Crippen molar-refractivity contribution >= 4 is 57.2 Å². The minimum atomic E-state index is -0.101. The third-order valence-corrected chi connectivity index (χ3v) is 14.3. The number of anilines is 6. The second-order valence-corrected chi connectivity index (χ2v) is 22.4. The van der Waals surface area contributed by atoms with Gasteiger partial charge in [0, 0.05) is 53.4 Å². The first kappa shape index (κ1) is 43.9. The van der Waals surface area contributed by atoms with Crippen LogP contribution >= 0.6 is 0 Å². The number of benzene rings is 7. The Balaban J connectivity index is 1.19. The molecule has 0 fully saturated rings. The van der Waals surface area contributed by atoms with Crippen LogP contribution in [0.25, 0.3) is 22.3 Å². The van der Waals surface area contributed by atoms with E-state index in [1.165, 1.54) is 66.6 Å². The molecule has 4 aliphatic rings. The molecular weight excluding hydrogens is 835 g/mol. The van der Waals surface area contributed by atoms with Crippen LogP contribution in [0, 0.1) is 6.92 Å². The van der Waals surface area contributed by atoms with Gasteiger partial charge in [-0.15, -0.1) is 0 Å². The van der Waals surface area contributed by atoms with Crippen LogP contribution in [0.3, 0.4) is 0 Å². The fourth-order valence-electron chi connectivity index (χ4n) is 10.5. The summed E-state index contributed by atoms with van der Waals surface area (Å²) in [5.41, 5.74) is 20.2. The molecule has 68 heavy (non-hydrogen) atoms. The quantitative estimate of drug-likeness (QED) is 0.164. The Hall–Kier alpha value is -6.60. The smallest absolute Gasteiger partial charge is 0.252 e. The molecule has 4 heterocycles. The third kappa shape index (κ3) is 7.78. The average molecular weight is 899 g/mol. The van der Waals surface area contributed by atoms with Gasteiger partial charge in [0.25, 0.3) is 6.71 Å². The summed E-state index contributed by atoms with van der Waals surface area (Å²) in [4.78, 5) is 4.97. The van der Waals surface area contributed by atoms with Crippen LogP contribution in [-0.4, -0.2) is 33.1 Å². The second kappa shape index (κ2) is 16.3. The van der Waals surface area contributed by atoms with Gasteiger partial charge < -0.3 is 28.7 Å². The van der Waals surface area contributed by atoms with Crippen LogP contribution in [0.5, 0.6) is 23.0 Å². The van der Waals surface area contributed by atoms with Gasteiger partial charge in [0.05, 0.1) is 32.1 Å². The molecule has 344 valence electrons. The van der Waals surface area contributed by atoms with Gasteiger partial charge in [-0.3, -0.25) is 0 Å². The molecule has 0 atom stereocenters. The van der Waals surface area contributed by atoms with E-state index in [0.717, 1.165) is 64.3 Å². The first-order valence-electron chi connectivity index (χ1n) is 24.6. The summed E-state index contributed by atoms with van der Waals surface area (Å²) in [7, 11) is 0. The summed E-state index contributed by atoms with van der Waals surface area (Å²) in [5.74, 6) is 3.10. The maximum Gasteiger partial charge on any atom is 0.252 e. The molecule has 0 amide bonds. The van der Waals surface area contributed by atoms with Crippen LogP contribution in [0.15, 0.2) is 127 Å². The summed E-state index contributed by atoms with van der Waals surface area (Å²) in [6.45, 7) is 25.2. The predicted molar refractivity (Wildman–Crippen MR) is 283 cm³/mol. The molecule has 7 aromatic carbocycles. The average Bonchev–Trinajstić information content (AvgIpc) is 3.70. The lowest BCUT2D eigenvalue weighted by Gasteiger charge is -2.45. The molecule has 0 aromatic heterocycles. The van der Waals surface area contributed by atoms with Gasteiger partial charge in [-0.1, -0.05) is 123 Å². The van der Waals surface area contributed by atoms with Crippen molar-refractivity contribution < 1.29 is 18.9 Å². The molecule has 0 bridgehead atoms. The number of aryl methyl sites for hydroxylation is 1. The maximum atomic E-state index is 6.52. The van der Waals surface area contributed by atoms with Gasteiger partial charge >= 0.3 is 0 Å². The van der Waals surface area contributed by atoms with E-state index in [9.17, 15) is 0 Å². The van der Waals surface area contributed by atoms with Gasteiger partial charge in [0.15, 0.2) is 23.0 Å². The molecule has 0 saturated carbocycles. The highest BCUT2D eigenvalue weighted by molar-refractivity contribution is 7.00. The summed E-state index contributed by atoms with van der Waals surface area (Å²) in [6.07, 6.45) is 1.67. The van der Waals surface area contributed by atoms with Crippen LogP contribution in [0.1, 0.15) is 97.4 Å². The number of fused-ring (bicyclic) bond motifs is 6. The summed E-state index contributed by atoms with van der Waals surface area (Å²) >= 11 is 0. The van der Waals surface area contributed by atoms with Crippen LogP contribution in [0.4, 0.5) is 34.1 Å². The molecule has 0 spiro atoms. The van der Waals surface area contributed by atoms with Crippen molar-refractivity contribution in [2.45, 2.75) is 98.3 Å². The Morgan fingerprint density at radius 3 is 1.40 bits per heavy atom. The van der Waals surface area contributed by atoms with Gasteiger partial charge in [-0.05, 0) is 139 Å². The Bertz CT molecular complexity index is 3020. The topological polar surface area (TPSA) is 43.4 Å². The molecule has 0 aliphatic carbocycles. The van der Waals surface area contributed by atoms with Gasteiger partial charge in [-0.2, -0.15) is 0 Å². The van der Waals surface area contributed by atoms with E-state index in [1.807, 2.05) is 0 Å². The molecule has 0 N–H and O–H groups in total. The van der Waals surface area contributed by atoms with Gasteiger partial charge in [0.1, 0.15) is 0 Å². The van der Waals surface area contributed by atoms with Crippen molar-refractivity contribution in [1.29, 1.82) is 0 Å². The highest BCUT2D eigenvalue weighted by Crippen LogP contribution is 2.49. The van der Waals surface area contributed by atoms with E-state index in [2.05, 4.69) is 206 Å². The number of hydrogen-bond donors (Lipinski definition) is 0. The standard InChI is InChI=1S/C61H63BN2O4/c1-38-29-52-58-53(30-38)64(47-32-41(39-13-17-43(18-14-39)59(2,3)4)31-42(33-47)40-15-19-44(20-16-40)60(5,6)7)50-23-21-45(61(8,9)10)34-48(50)62(58)49-36-56-57(68-28-12-27-67-56)37-51(49)63(52)46-22-24-54-55(35-46)66-26-11-25-65-54/h13-24,29-37H,11-12,25-28H2,1-10H3. The number of hydrogen-bond acceptors (Lipinski definition) is 6. The SMILES string of the molecule is Cc1cc2c3c(c1)N(c1ccc4c(c1)OCCCO4)c1cc4c(cc1B3c1cc(C(C)(C)C)ccc1N2c1cc(-c2ccc(C(C)(C)C)cc2)cc(-c2ccc(C(C)(C)C)cc2)c1)OCCCO4. The molecule has 0 radical (unpaired) electrons. The fraction of sp³-hybridized carbons (Fsp3) is 0.311. The van der Waals surface area contributed by atoms with E-state index in [4.69, 9.17) is 18.9 Å². The number of rotatable bonds is 4. The van der Waals surface area contributed by atoms with E-state index in [-0.39, 0.29) is 23.0 Å². The lowest BCUT2D eigenvalue weighted by atomic mass is 9.33. The first-order chi connectivity index (χ1) is 32.5. The van der Waals surface area contributed by atoms with Crippen molar-refractivity contribution in [3.05, 3.63) is 150 Å². The molecule has 4 aliphatic heterocycles. The monoisotopic (exact) mass is 898 g/mol.